The van der Waals surface area contributed by atoms with Gasteiger partial charge in [-0.15, -0.1) is 0 Å². The number of nitrogens with one attached hydrogen (secondary N) is 2. The highest BCUT2D eigenvalue weighted by Gasteiger charge is 2.27. The van der Waals surface area contributed by atoms with Gasteiger partial charge in [-0.1, -0.05) is 13.8 Å². The van der Waals surface area contributed by atoms with E-state index in [1.807, 2.05) is 6.07 Å². The Morgan fingerprint density at radius 3 is 2.82 bits per heavy atom. The summed E-state index contributed by atoms with van der Waals surface area (Å²) < 4.78 is 5.41. The van der Waals surface area contributed by atoms with Crippen molar-refractivity contribution >= 4 is 5.91 Å². The molecule has 1 saturated carbocycles. The number of aromatic nitrogens is 2. The zero-order valence-corrected chi connectivity index (χ0v) is 13.5. The van der Waals surface area contributed by atoms with Gasteiger partial charge in [0.05, 0.1) is 13.2 Å². The van der Waals surface area contributed by atoms with Crippen LogP contribution in [0.5, 0.6) is 0 Å². The van der Waals surface area contributed by atoms with Gasteiger partial charge in [0.1, 0.15) is 5.69 Å². The van der Waals surface area contributed by atoms with Crippen molar-refractivity contribution in [3.63, 3.8) is 0 Å². The lowest BCUT2D eigenvalue weighted by atomic mass is 10.0. The highest BCUT2D eigenvalue weighted by Crippen LogP contribution is 2.38. The Labute approximate surface area is 131 Å². The minimum absolute atomic E-state index is 0.0814. The van der Waals surface area contributed by atoms with Crippen LogP contribution < -0.4 is 5.32 Å². The van der Waals surface area contributed by atoms with E-state index in [2.05, 4.69) is 34.3 Å². The monoisotopic (exact) mass is 306 g/mol. The molecule has 0 spiro atoms. The van der Waals surface area contributed by atoms with Gasteiger partial charge in [-0.25, -0.2) is 0 Å². The van der Waals surface area contributed by atoms with Crippen LogP contribution in [0.2, 0.25) is 0 Å². The summed E-state index contributed by atoms with van der Waals surface area (Å²) in [6.45, 7) is 8.49. The third-order valence-corrected chi connectivity index (χ3v) is 4.60. The quantitative estimate of drug-likeness (QED) is 0.833. The molecule has 22 heavy (non-hydrogen) atoms. The van der Waals surface area contributed by atoms with Crippen LogP contribution in [0.25, 0.3) is 0 Å². The molecule has 122 valence electrons. The zero-order chi connectivity index (χ0) is 15.5. The summed E-state index contributed by atoms with van der Waals surface area (Å²) in [7, 11) is 0. The Morgan fingerprint density at radius 1 is 1.45 bits per heavy atom. The average Bonchev–Trinajstić information content (AvgIpc) is 3.25. The molecule has 1 aromatic heterocycles. The first-order chi connectivity index (χ1) is 10.6. The fourth-order valence-corrected chi connectivity index (χ4v) is 3.04. The maximum atomic E-state index is 12.3. The van der Waals surface area contributed by atoms with E-state index in [4.69, 9.17) is 4.74 Å². The molecule has 6 heteroatoms. The Balaban J connectivity index is 1.54. The largest absolute Gasteiger partial charge is 0.379 e. The van der Waals surface area contributed by atoms with Crippen molar-refractivity contribution < 1.29 is 9.53 Å². The standard InChI is InChI=1S/C16H26N4O2/c1-11(2)15(20-5-7-22-8-6-20)10-17-16(21)14-9-13(18-19-14)12-3-4-12/h9,11-12,15H,3-8,10H2,1-2H3,(H,17,21)(H,18,19). The molecule has 1 aliphatic carbocycles. The fourth-order valence-electron chi connectivity index (χ4n) is 3.04. The number of amides is 1. The van der Waals surface area contributed by atoms with E-state index in [-0.39, 0.29) is 5.91 Å². The Bertz CT molecular complexity index is 504. The smallest absolute Gasteiger partial charge is 0.271 e. The number of H-pyrrole nitrogens is 1. The van der Waals surface area contributed by atoms with Crippen LogP contribution in [-0.2, 0) is 4.74 Å². The van der Waals surface area contributed by atoms with Crippen molar-refractivity contribution in [2.24, 2.45) is 5.92 Å². The number of hydrogen-bond donors (Lipinski definition) is 2. The fraction of sp³-hybridized carbons (Fsp3) is 0.750. The lowest BCUT2D eigenvalue weighted by molar-refractivity contribution is 0.00671. The first-order valence-corrected chi connectivity index (χ1v) is 8.30. The predicted octanol–water partition coefficient (Wildman–Crippen LogP) is 1.37. The normalized spacial score (nSPS) is 21.0. The predicted molar refractivity (Wildman–Crippen MR) is 83.9 cm³/mol. The molecule has 1 aliphatic heterocycles. The van der Waals surface area contributed by atoms with Crippen LogP contribution in [0.15, 0.2) is 6.07 Å². The number of aromatic amines is 1. The molecule has 1 saturated heterocycles. The Hall–Kier alpha value is -1.40. The van der Waals surface area contributed by atoms with Crippen molar-refractivity contribution in [1.82, 2.24) is 20.4 Å². The number of carbonyl (C=O) groups is 1. The van der Waals surface area contributed by atoms with Crippen molar-refractivity contribution in [3.8, 4) is 0 Å². The van der Waals surface area contributed by atoms with Crippen LogP contribution in [0.1, 0.15) is 48.8 Å². The van der Waals surface area contributed by atoms with Crippen LogP contribution in [0.3, 0.4) is 0 Å². The van der Waals surface area contributed by atoms with Gasteiger partial charge in [-0.2, -0.15) is 5.10 Å². The lowest BCUT2D eigenvalue weighted by Crippen LogP contribution is -2.51. The van der Waals surface area contributed by atoms with Gasteiger partial charge in [0.15, 0.2) is 0 Å². The topological polar surface area (TPSA) is 70.2 Å². The maximum Gasteiger partial charge on any atom is 0.271 e. The van der Waals surface area contributed by atoms with Crippen molar-refractivity contribution in [2.45, 2.75) is 38.6 Å². The third-order valence-electron chi connectivity index (χ3n) is 4.60. The number of nitrogens with zero attached hydrogens (tertiary/aromatic N) is 2. The molecule has 6 nitrogen and oxygen atoms in total. The molecule has 1 unspecified atom stereocenters. The summed E-state index contributed by atoms with van der Waals surface area (Å²) in [5, 5.41) is 10.2. The molecule has 2 heterocycles. The number of rotatable bonds is 6. The molecule has 1 atom stereocenters. The van der Waals surface area contributed by atoms with Gasteiger partial charge in [0.2, 0.25) is 0 Å². The summed E-state index contributed by atoms with van der Waals surface area (Å²) in [4.78, 5) is 14.7. The van der Waals surface area contributed by atoms with Gasteiger partial charge in [-0.3, -0.25) is 14.8 Å². The molecule has 1 aromatic rings. The molecule has 2 aliphatic rings. The van der Waals surface area contributed by atoms with E-state index in [1.165, 1.54) is 12.8 Å². The number of hydrogen-bond acceptors (Lipinski definition) is 4. The SMILES string of the molecule is CC(C)C(CNC(=O)c1cc(C2CC2)[nH]n1)N1CCOCC1. The average molecular weight is 306 g/mol. The van der Waals surface area contributed by atoms with Crippen molar-refractivity contribution in [3.05, 3.63) is 17.5 Å². The number of ether oxygens (including phenoxy) is 1. The van der Waals surface area contributed by atoms with E-state index in [0.29, 0.717) is 30.1 Å². The first kappa shape index (κ1) is 15.5. The summed E-state index contributed by atoms with van der Waals surface area (Å²) in [6, 6.07) is 2.24. The van der Waals surface area contributed by atoms with Crippen LogP contribution in [0, 0.1) is 5.92 Å². The van der Waals surface area contributed by atoms with Gasteiger partial charge in [0, 0.05) is 37.3 Å². The third kappa shape index (κ3) is 3.67. The van der Waals surface area contributed by atoms with Gasteiger partial charge >= 0.3 is 0 Å². The van der Waals surface area contributed by atoms with Crippen LogP contribution >= 0.6 is 0 Å². The van der Waals surface area contributed by atoms with E-state index < -0.39 is 0 Å². The lowest BCUT2D eigenvalue weighted by Gasteiger charge is -2.36. The zero-order valence-electron chi connectivity index (χ0n) is 13.5. The van der Waals surface area contributed by atoms with Crippen LogP contribution in [-0.4, -0.2) is 59.9 Å². The Kier molecular flexibility index (Phi) is 4.78. The van der Waals surface area contributed by atoms with Gasteiger partial charge < -0.3 is 10.1 Å². The highest BCUT2D eigenvalue weighted by atomic mass is 16.5. The minimum Gasteiger partial charge on any atom is -0.379 e. The van der Waals surface area contributed by atoms with E-state index in [9.17, 15) is 4.79 Å². The molecular formula is C16H26N4O2. The summed E-state index contributed by atoms with van der Waals surface area (Å²) in [5.74, 6) is 0.993. The second-order valence-corrected chi connectivity index (χ2v) is 6.65. The summed E-state index contributed by atoms with van der Waals surface area (Å²) >= 11 is 0. The second-order valence-electron chi connectivity index (χ2n) is 6.65. The molecular weight excluding hydrogens is 280 g/mol. The van der Waals surface area contributed by atoms with Gasteiger partial charge in [-0.05, 0) is 24.8 Å². The summed E-state index contributed by atoms with van der Waals surface area (Å²) in [6.07, 6.45) is 2.41. The van der Waals surface area contributed by atoms with E-state index in [1.54, 1.807) is 0 Å². The summed E-state index contributed by atoms with van der Waals surface area (Å²) in [5.41, 5.74) is 1.60. The second kappa shape index (κ2) is 6.79. The van der Waals surface area contributed by atoms with Crippen molar-refractivity contribution in [2.75, 3.05) is 32.8 Å². The molecule has 0 radical (unpaired) electrons. The van der Waals surface area contributed by atoms with Crippen LogP contribution in [0.4, 0.5) is 0 Å². The Morgan fingerprint density at radius 2 is 2.18 bits per heavy atom. The molecule has 2 fully saturated rings. The van der Waals surface area contributed by atoms with Crippen molar-refractivity contribution in [1.29, 1.82) is 0 Å². The number of carbonyl (C=O) groups excluding carboxylic acids is 1. The molecule has 2 N–H and O–H groups in total. The first-order valence-electron chi connectivity index (χ1n) is 8.30. The molecule has 0 bridgehead atoms. The van der Waals surface area contributed by atoms with E-state index in [0.717, 1.165) is 32.0 Å². The molecule has 3 rings (SSSR count). The van der Waals surface area contributed by atoms with E-state index >= 15 is 0 Å². The van der Waals surface area contributed by atoms with Gasteiger partial charge in [0.25, 0.3) is 5.91 Å². The molecule has 0 aromatic carbocycles. The number of morpholine rings is 1. The highest BCUT2D eigenvalue weighted by molar-refractivity contribution is 5.92. The maximum absolute atomic E-state index is 12.3. The molecule has 1 amide bonds. The minimum atomic E-state index is -0.0814.